The molecule has 2 aromatic rings. The molecule has 1 saturated carbocycles. The predicted octanol–water partition coefficient (Wildman–Crippen LogP) is 4.01. The van der Waals surface area contributed by atoms with Crippen LogP contribution in [0.2, 0.25) is 0 Å². The normalized spacial score (nSPS) is 23.3. The highest BCUT2D eigenvalue weighted by Gasteiger charge is 2.61. The molecule has 4 rings (SSSR count). The monoisotopic (exact) mass is 409 g/mol. The molecule has 2 aliphatic rings. The quantitative estimate of drug-likeness (QED) is 0.832. The minimum atomic E-state index is -0.593. The smallest absolute Gasteiger partial charge is 0.410 e. The number of carbonyl (C=O) groups excluding carboxylic acids is 2. The van der Waals surface area contributed by atoms with Crippen LogP contribution in [0.4, 0.5) is 4.79 Å². The van der Waals surface area contributed by atoms with Gasteiger partial charge < -0.3 is 15.0 Å². The first kappa shape index (κ1) is 20.6. The summed E-state index contributed by atoms with van der Waals surface area (Å²) in [5.74, 6) is 0.441. The molecule has 2 fully saturated rings. The van der Waals surface area contributed by atoms with Crippen LogP contribution in [0.3, 0.4) is 0 Å². The molecule has 0 radical (unpaired) electrons. The van der Waals surface area contributed by atoms with E-state index >= 15 is 0 Å². The molecule has 1 aliphatic heterocycles. The zero-order chi connectivity index (χ0) is 21.8. The van der Waals surface area contributed by atoms with Gasteiger partial charge in [-0.05, 0) is 64.8 Å². The summed E-state index contributed by atoms with van der Waals surface area (Å²) in [5.41, 5.74) is 0.716. The van der Waals surface area contributed by atoms with Gasteiger partial charge in [-0.15, -0.1) is 0 Å². The Bertz CT molecular complexity index is 996. The van der Waals surface area contributed by atoms with Crippen LogP contribution in [-0.4, -0.2) is 40.6 Å². The molecule has 1 saturated heterocycles. The number of nitrogens with one attached hydrogen (secondary N) is 1. The van der Waals surface area contributed by atoms with Gasteiger partial charge in [-0.2, -0.15) is 0 Å². The number of hydrogen-bond donors (Lipinski definition) is 1. The van der Waals surface area contributed by atoms with E-state index in [9.17, 15) is 9.59 Å². The molecule has 1 aromatic heterocycles. The molecule has 6 nitrogen and oxygen atoms in total. The third-order valence-electron chi connectivity index (χ3n) is 6.04. The van der Waals surface area contributed by atoms with Gasteiger partial charge in [-0.1, -0.05) is 24.3 Å². The maximum absolute atomic E-state index is 13.1. The van der Waals surface area contributed by atoms with Crippen molar-refractivity contribution in [2.24, 2.45) is 17.8 Å². The van der Waals surface area contributed by atoms with E-state index in [1.807, 2.05) is 53.7 Å². The van der Waals surface area contributed by atoms with E-state index in [0.717, 1.165) is 22.2 Å². The second kappa shape index (κ2) is 6.96. The number of aromatic nitrogens is 1. The van der Waals surface area contributed by atoms with Crippen molar-refractivity contribution in [1.29, 1.82) is 0 Å². The van der Waals surface area contributed by atoms with Crippen LogP contribution >= 0.6 is 0 Å². The van der Waals surface area contributed by atoms with Crippen LogP contribution in [0.1, 0.15) is 46.0 Å². The molecule has 2 heterocycles. The topological polar surface area (TPSA) is 71.5 Å². The van der Waals surface area contributed by atoms with Crippen LogP contribution < -0.4 is 5.32 Å². The summed E-state index contributed by atoms with van der Waals surface area (Å²) in [7, 11) is 0. The van der Waals surface area contributed by atoms with E-state index in [-0.39, 0.29) is 29.8 Å². The van der Waals surface area contributed by atoms with Crippen molar-refractivity contribution in [3.63, 3.8) is 0 Å². The Morgan fingerprint density at radius 1 is 1.10 bits per heavy atom. The van der Waals surface area contributed by atoms with E-state index in [1.54, 1.807) is 4.90 Å². The van der Waals surface area contributed by atoms with Crippen molar-refractivity contribution in [2.45, 2.75) is 52.7 Å². The fourth-order valence-corrected chi connectivity index (χ4v) is 4.65. The van der Waals surface area contributed by atoms with Gasteiger partial charge >= 0.3 is 6.09 Å². The molecule has 6 heteroatoms. The van der Waals surface area contributed by atoms with Crippen molar-refractivity contribution < 1.29 is 14.3 Å². The number of rotatable bonds is 3. The lowest BCUT2D eigenvalue weighted by molar-refractivity contribution is -0.125. The summed E-state index contributed by atoms with van der Waals surface area (Å²) >= 11 is 0. The number of nitrogens with zero attached hydrogens (tertiary/aromatic N) is 2. The zero-order valence-corrected chi connectivity index (χ0v) is 18.7. The average molecular weight is 410 g/mol. The van der Waals surface area contributed by atoms with E-state index < -0.39 is 11.1 Å². The molecule has 2 atom stereocenters. The van der Waals surface area contributed by atoms with Crippen molar-refractivity contribution in [1.82, 2.24) is 15.2 Å². The lowest BCUT2D eigenvalue weighted by atomic mass is 9.93. The van der Waals surface area contributed by atoms with Gasteiger partial charge in [-0.25, -0.2) is 4.79 Å². The van der Waals surface area contributed by atoms with Crippen molar-refractivity contribution >= 4 is 22.8 Å². The Hall–Kier alpha value is -2.63. The standard InChI is InChI=1S/C24H31N3O3/c1-14-11-15-9-7-8-10-16(15)20(25-14)24(5,6)26-21(28)19-17-12-27(13-18(17)19)22(29)30-23(2,3)4/h7-11,17-19H,12-13H2,1-6H3,(H,26,28). The van der Waals surface area contributed by atoms with Gasteiger partial charge in [0.25, 0.3) is 0 Å². The predicted molar refractivity (Wildman–Crippen MR) is 116 cm³/mol. The lowest BCUT2D eigenvalue weighted by Gasteiger charge is -2.29. The molecule has 1 N–H and O–H groups in total. The van der Waals surface area contributed by atoms with Gasteiger partial charge in [0.05, 0.1) is 11.2 Å². The van der Waals surface area contributed by atoms with E-state index in [2.05, 4.69) is 23.5 Å². The van der Waals surface area contributed by atoms with Crippen LogP contribution in [-0.2, 0) is 15.1 Å². The maximum atomic E-state index is 13.1. The number of benzene rings is 1. The van der Waals surface area contributed by atoms with E-state index in [1.165, 1.54) is 0 Å². The largest absolute Gasteiger partial charge is 0.444 e. The van der Waals surface area contributed by atoms with Gasteiger partial charge in [-0.3, -0.25) is 9.78 Å². The fraction of sp³-hybridized carbons (Fsp3) is 0.542. The number of amides is 2. The molecule has 30 heavy (non-hydrogen) atoms. The van der Waals surface area contributed by atoms with Crippen molar-refractivity contribution in [3.05, 3.63) is 41.7 Å². The summed E-state index contributed by atoms with van der Waals surface area (Å²) in [5, 5.41) is 5.41. The Balaban J connectivity index is 1.43. The molecule has 160 valence electrons. The third-order valence-corrected chi connectivity index (χ3v) is 6.04. The highest BCUT2D eigenvalue weighted by molar-refractivity contribution is 5.88. The Morgan fingerprint density at radius 2 is 1.73 bits per heavy atom. The summed E-state index contributed by atoms with van der Waals surface area (Å²) in [6.45, 7) is 12.8. The summed E-state index contributed by atoms with van der Waals surface area (Å²) in [6, 6.07) is 10.2. The van der Waals surface area contributed by atoms with E-state index in [4.69, 9.17) is 9.72 Å². The zero-order valence-electron chi connectivity index (χ0n) is 18.7. The SMILES string of the molecule is Cc1cc2ccccc2c(C(C)(C)NC(=O)C2C3CN(C(=O)OC(C)(C)C)CC32)n1. The number of hydrogen-bond acceptors (Lipinski definition) is 4. The number of fused-ring (bicyclic) bond motifs is 2. The van der Waals surface area contributed by atoms with Crippen molar-refractivity contribution in [2.75, 3.05) is 13.1 Å². The van der Waals surface area contributed by atoms with E-state index in [0.29, 0.717) is 13.1 Å². The number of piperidine rings is 1. The first-order valence-corrected chi connectivity index (χ1v) is 10.6. The van der Waals surface area contributed by atoms with Crippen molar-refractivity contribution in [3.8, 4) is 0 Å². The van der Waals surface area contributed by atoms with Crippen LogP contribution in [0.15, 0.2) is 30.3 Å². The second-order valence-corrected chi connectivity index (χ2v) is 10.2. The number of pyridine rings is 1. The lowest BCUT2D eigenvalue weighted by Crippen LogP contribution is -2.44. The number of likely N-dealkylation sites (tertiary alicyclic amines) is 1. The summed E-state index contributed by atoms with van der Waals surface area (Å²) in [6.07, 6.45) is -0.287. The highest BCUT2D eigenvalue weighted by Crippen LogP contribution is 2.52. The summed E-state index contributed by atoms with van der Waals surface area (Å²) < 4.78 is 5.45. The fourth-order valence-electron chi connectivity index (χ4n) is 4.65. The maximum Gasteiger partial charge on any atom is 0.410 e. The first-order valence-electron chi connectivity index (χ1n) is 10.6. The molecule has 0 bridgehead atoms. The minimum absolute atomic E-state index is 0.0426. The molecule has 0 spiro atoms. The Kier molecular flexibility index (Phi) is 4.79. The highest BCUT2D eigenvalue weighted by atomic mass is 16.6. The van der Waals surface area contributed by atoms with Gasteiger partial charge in [0.2, 0.25) is 5.91 Å². The third kappa shape index (κ3) is 3.87. The van der Waals surface area contributed by atoms with Gasteiger partial charge in [0.15, 0.2) is 0 Å². The number of carbonyl (C=O) groups is 2. The molecule has 2 amide bonds. The second-order valence-electron chi connectivity index (χ2n) is 10.2. The molecule has 2 unspecified atom stereocenters. The Morgan fingerprint density at radius 3 is 2.37 bits per heavy atom. The van der Waals surface area contributed by atoms with Crippen LogP contribution in [0, 0.1) is 24.7 Å². The van der Waals surface area contributed by atoms with Gasteiger partial charge in [0.1, 0.15) is 5.60 Å². The minimum Gasteiger partial charge on any atom is -0.444 e. The first-order chi connectivity index (χ1) is 14.0. The molecule has 1 aromatic carbocycles. The van der Waals surface area contributed by atoms with Crippen LogP contribution in [0.5, 0.6) is 0 Å². The number of aryl methyl sites for hydroxylation is 1. The van der Waals surface area contributed by atoms with Crippen LogP contribution in [0.25, 0.3) is 10.8 Å². The Labute approximate surface area is 178 Å². The molecular formula is C24H31N3O3. The molecular weight excluding hydrogens is 378 g/mol. The number of ether oxygens (including phenoxy) is 1. The van der Waals surface area contributed by atoms with Gasteiger partial charge in [0, 0.05) is 30.1 Å². The summed E-state index contributed by atoms with van der Waals surface area (Å²) in [4.78, 5) is 31.8. The molecule has 1 aliphatic carbocycles. The average Bonchev–Trinajstić information content (AvgIpc) is 3.13.